The van der Waals surface area contributed by atoms with Crippen LogP contribution in [0.4, 0.5) is 16.6 Å². The smallest absolute Gasteiger partial charge is 0.328 e. The van der Waals surface area contributed by atoms with Crippen LogP contribution >= 0.6 is 0 Å². The molecule has 1 saturated heterocycles. The highest BCUT2D eigenvalue weighted by atomic mass is 16.5. The van der Waals surface area contributed by atoms with Crippen molar-refractivity contribution in [3.05, 3.63) is 78.1 Å². The Kier molecular flexibility index (Phi) is 8.78. The number of nitrogens with zero attached hydrogens (tertiary/aromatic N) is 8. The molecule has 3 aliphatic rings. The van der Waals surface area contributed by atoms with Crippen LogP contribution in [0.1, 0.15) is 49.3 Å². The van der Waals surface area contributed by atoms with Crippen molar-refractivity contribution >= 4 is 29.6 Å². The van der Waals surface area contributed by atoms with Crippen LogP contribution < -0.4 is 20.9 Å². The minimum Gasteiger partial charge on any atom is -0.386 e. The fraction of sp³-hybridized carbons (Fsp3) is 0.406. The zero-order chi connectivity index (χ0) is 32.1. The maximum absolute atomic E-state index is 13.9. The van der Waals surface area contributed by atoms with Gasteiger partial charge in [-0.15, -0.1) is 0 Å². The zero-order valence-corrected chi connectivity index (χ0v) is 25.8. The second kappa shape index (κ2) is 13.1. The number of methoxy groups -OCH3 is 1. The van der Waals surface area contributed by atoms with Crippen LogP contribution in [0.3, 0.4) is 0 Å². The fourth-order valence-electron chi connectivity index (χ4n) is 6.11. The Morgan fingerprint density at radius 1 is 1.17 bits per heavy atom. The first-order valence-corrected chi connectivity index (χ1v) is 15.2. The lowest BCUT2D eigenvalue weighted by Gasteiger charge is -2.46. The lowest BCUT2D eigenvalue weighted by atomic mass is 9.90. The molecule has 1 atom stereocenters. The fourth-order valence-corrected chi connectivity index (χ4v) is 6.11. The summed E-state index contributed by atoms with van der Waals surface area (Å²) in [6, 6.07) is 11.4. The first-order chi connectivity index (χ1) is 22.3. The Morgan fingerprint density at radius 3 is 2.54 bits per heavy atom. The first kappa shape index (κ1) is 30.9. The summed E-state index contributed by atoms with van der Waals surface area (Å²) in [5.41, 5.74) is 2.08. The Bertz CT molecular complexity index is 1630. The van der Waals surface area contributed by atoms with Gasteiger partial charge >= 0.3 is 12.0 Å². The van der Waals surface area contributed by atoms with Crippen LogP contribution in [-0.2, 0) is 11.3 Å². The van der Waals surface area contributed by atoms with Crippen molar-refractivity contribution in [2.45, 2.75) is 62.8 Å². The van der Waals surface area contributed by atoms with Crippen LogP contribution in [-0.4, -0.2) is 86.0 Å². The van der Waals surface area contributed by atoms with E-state index in [9.17, 15) is 15.2 Å². The third-order valence-electron chi connectivity index (χ3n) is 8.45. The highest BCUT2D eigenvalue weighted by Crippen LogP contribution is 2.33. The van der Waals surface area contributed by atoms with Gasteiger partial charge in [0.2, 0.25) is 5.95 Å². The van der Waals surface area contributed by atoms with Gasteiger partial charge in [-0.1, -0.05) is 30.3 Å². The standard InChI is InChI=1S/C32H37N11O3/c1-31(45)19-42(20-31)28-23(12-33)16-36-29(41-28)40-26-8-10-27(11-9-26)43(30(44)37-13-22-6-4-3-5-7-22)32(46-2)38-17-25(18-39-32)24-14-34-21-35-15-24/h3-7,14-18,21,26-27,38,45H,8-11,13,19-20H2,1-2H3,(H,37,44)(H,36,40,41)/t26-,27-,32?. The molecule has 1 aliphatic carbocycles. The normalized spacial score (nSPS) is 23.3. The number of aliphatic imine (C=N–C) groups is 1. The van der Waals surface area contributed by atoms with Crippen molar-refractivity contribution in [2.75, 3.05) is 30.4 Å². The summed E-state index contributed by atoms with van der Waals surface area (Å²) in [5, 5.41) is 29.5. The van der Waals surface area contributed by atoms with E-state index in [1.807, 2.05) is 35.2 Å². The highest BCUT2D eigenvalue weighted by molar-refractivity contribution is 6.10. The predicted molar refractivity (Wildman–Crippen MR) is 171 cm³/mol. The van der Waals surface area contributed by atoms with Crippen molar-refractivity contribution < 1.29 is 14.6 Å². The van der Waals surface area contributed by atoms with E-state index in [0.29, 0.717) is 49.8 Å². The quantitative estimate of drug-likeness (QED) is 0.258. The number of hydrogen-bond acceptors (Lipinski definition) is 12. The summed E-state index contributed by atoms with van der Waals surface area (Å²) in [4.78, 5) is 39.4. The Labute approximate surface area is 267 Å². The van der Waals surface area contributed by atoms with E-state index in [0.717, 1.165) is 29.5 Å². The molecule has 6 rings (SSSR count). The van der Waals surface area contributed by atoms with Crippen LogP contribution in [0.2, 0.25) is 0 Å². The van der Waals surface area contributed by atoms with E-state index in [1.165, 1.54) is 19.6 Å². The van der Waals surface area contributed by atoms with Crippen molar-refractivity contribution in [3.63, 3.8) is 0 Å². The number of carbonyl (C=O) groups excluding carboxylic acids is 1. The number of rotatable bonds is 9. The predicted octanol–water partition coefficient (Wildman–Crippen LogP) is 2.62. The van der Waals surface area contributed by atoms with E-state index >= 15 is 0 Å². The summed E-state index contributed by atoms with van der Waals surface area (Å²) < 4.78 is 5.96. The Morgan fingerprint density at radius 2 is 1.91 bits per heavy atom. The summed E-state index contributed by atoms with van der Waals surface area (Å²) in [5.74, 6) is -0.524. The summed E-state index contributed by atoms with van der Waals surface area (Å²) >= 11 is 0. The minimum absolute atomic E-state index is 0.0525. The van der Waals surface area contributed by atoms with Gasteiger partial charge in [0.25, 0.3) is 0 Å². The van der Waals surface area contributed by atoms with E-state index < -0.39 is 11.6 Å². The van der Waals surface area contributed by atoms with Gasteiger partial charge in [-0.25, -0.2) is 24.7 Å². The van der Waals surface area contributed by atoms with E-state index in [4.69, 9.17) is 9.73 Å². The van der Waals surface area contributed by atoms with Crippen molar-refractivity contribution in [1.82, 2.24) is 35.5 Å². The largest absolute Gasteiger partial charge is 0.386 e. The molecule has 2 amide bonds. The maximum Gasteiger partial charge on any atom is 0.328 e. The van der Waals surface area contributed by atoms with Gasteiger partial charge in [0.1, 0.15) is 18.0 Å². The number of aromatic nitrogens is 4. The molecular formula is C32H37N11O3. The number of aliphatic hydroxyl groups is 1. The van der Waals surface area contributed by atoms with E-state index in [-0.39, 0.29) is 18.1 Å². The molecule has 1 unspecified atom stereocenters. The van der Waals surface area contributed by atoms with Crippen LogP contribution in [0.15, 0.2) is 66.4 Å². The first-order valence-electron chi connectivity index (χ1n) is 15.2. The number of carbonyl (C=O) groups is 1. The number of β-amino-alcohol motifs (C(OH)–C–C–N with tert-alkyl or cyclic N) is 1. The van der Waals surface area contributed by atoms with E-state index in [1.54, 1.807) is 36.6 Å². The number of ether oxygens (including phenoxy) is 1. The van der Waals surface area contributed by atoms with Gasteiger partial charge in [-0.2, -0.15) is 10.2 Å². The monoisotopic (exact) mass is 623 g/mol. The summed E-state index contributed by atoms with van der Waals surface area (Å²) in [7, 11) is 1.52. The number of benzene rings is 1. The van der Waals surface area contributed by atoms with Gasteiger partial charge in [0.05, 0.1) is 11.8 Å². The molecule has 2 fully saturated rings. The third kappa shape index (κ3) is 6.60. The number of nitrogens with one attached hydrogen (secondary N) is 3. The molecule has 0 bridgehead atoms. The maximum atomic E-state index is 13.9. The lowest BCUT2D eigenvalue weighted by Crippen LogP contribution is -2.66. The van der Waals surface area contributed by atoms with Gasteiger partial charge in [-0.3, -0.25) is 4.90 Å². The van der Waals surface area contributed by atoms with Gasteiger partial charge in [0, 0.05) is 74.8 Å². The Balaban J connectivity index is 1.17. The van der Waals surface area contributed by atoms with Gasteiger partial charge in [0.15, 0.2) is 5.82 Å². The third-order valence-corrected chi connectivity index (χ3v) is 8.45. The minimum atomic E-state index is -1.46. The zero-order valence-electron chi connectivity index (χ0n) is 25.8. The molecule has 238 valence electrons. The van der Waals surface area contributed by atoms with Gasteiger partial charge < -0.3 is 30.7 Å². The molecule has 4 N–H and O–H groups in total. The van der Waals surface area contributed by atoms with Crippen molar-refractivity contribution in [2.24, 2.45) is 4.99 Å². The molecule has 2 aliphatic heterocycles. The van der Waals surface area contributed by atoms with Crippen LogP contribution in [0.25, 0.3) is 5.57 Å². The molecule has 2 aromatic heterocycles. The van der Waals surface area contributed by atoms with Crippen LogP contribution in [0, 0.1) is 11.3 Å². The molecule has 1 aromatic carbocycles. The molecule has 4 heterocycles. The number of anilines is 2. The number of amides is 2. The average molecular weight is 624 g/mol. The number of hydrogen-bond donors (Lipinski definition) is 4. The topological polar surface area (TPSA) is 177 Å². The number of nitriles is 1. The van der Waals surface area contributed by atoms with Gasteiger partial charge in [-0.05, 0) is 38.2 Å². The molecule has 1 saturated carbocycles. The summed E-state index contributed by atoms with van der Waals surface area (Å²) in [6.45, 7) is 2.91. The molecule has 46 heavy (non-hydrogen) atoms. The average Bonchev–Trinajstić information content (AvgIpc) is 3.08. The summed E-state index contributed by atoms with van der Waals surface area (Å²) in [6.07, 6.45) is 12.6. The molecule has 14 nitrogen and oxygen atoms in total. The number of allylic oxidation sites excluding steroid dienone is 1. The second-order valence-corrected chi connectivity index (χ2v) is 12.0. The molecular weight excluding hydrogens is 586 g/mol. The molecule has 0 radical (unpaired) electrons. The highest BCUT2D eigenvalue weighted by Gasteiger charge is 2.46. The van der Waals surface area contributed by atoms with Crippen molar-refractivity contribution in [1.29, 1.82) is 5.26 Å². The van der Waals surface area contributed by atoms with E-state index in [2.05, 4.69) is 42.0 Å². The van der Waals surface area contributed by atoms with Crippen LogP contribution in [0.5, 0.6) is 0 Å². The molecule has 14 heteroatoms. The SMILES string of the molecule is COC1(N(C(=O)NCc2ccccc2)[C@H]2CC[C@H](Nc3ncc(C#N)c(N4CC(C)(O)C4)n3)CC2)N=CC(c2cncnc2)=CN1. The lowest BCUT2D eigenvalue weighted by molar-refractivity contribution is -0.141. The second-order valence-electron chi connectivity index (χ2n) is 12.0. The Hall–Kier alpha value is -5.13. The molecule has 3 aromatic rings. The number of urea groups is 1. The van der Waals surface area contributed by atoms with Crippen molar-refractivity contribution in [3.8, 4) is 6.07 Å². The molecule has 0 spiro atoms.